The number of H-pyrrole nitrogens is 1. The summed E-state index contributed by atoms with van der Waals surface area (Å²) in [6.07, 6.45) is 2.83. The van der Waals surface area contributed by atoms with E-state index in [0.717, 1.165) is 21.1 Å². The largest absolute Gasteiger partial charge is 0.394 e. The Morgan fingerprint density at radius 3 is 3.12 bits per heavy atom. The van der Waals surface area contributed by atoms with Crippen molar-refractivity contribution < 1.29 is 14.7 Å². The van der Waals surface area contributed by atoms with Crippen molar-refractivity contribution in [1.82, 2.24) is 15.5 Å². The molecule has 26 heavy (non-hydrogen) atoms. The van der Waals surface area contributed by atoms with E-state index < -0.39 is 5.92 Å². The Morgan fingerprint density at radius 1 is 1.58 bits per heavy atom. The molecular weight excluding hydrogens is 420 g/mol. The van der Waals surface area contributed by atoms with Gasteiger partial charge in [-0.3, -0.25) is 19.6 Å². The molecule has 2 amide bonds. The Hall–Kier alpha value is -1.58. The molecule has 1 aliphatic rings. The van der Waals surface area contributed by atoms with Crippen molar-refractivity contribution in [3.05, 3.63) is 22.7 Å². The van der Waals surface area contributed by atoms with E-state index in [1.807, 2.05) is 24.5 Å². The number of amides is 2. The maximum absolute atomic E-state index is 12.5. The Balaban J connectivity index is 1.70. The predicted octanol–water partition coefficient (Wildman–Crippen LogP) is 1.91. The summed E-state index contributed by atoms with van der Waals surface area (Å²) in [5.74, 6) is 0.660. The van der Waals surface area contributed by atoms with Gasteiger partial charge < -0.3 is 10.4 Å². The molecule has 7 nitrogen and oxygen atoms in total. The number of halogens is 1. The maximum atomic E-state index is 12.5. The molecular formula is C17H21BrN4O3S. The summed E-state index contributed by atoms with van der Waals surface area (Å²) in [5.41, 5.74) is 0.826. The number of nitrogens with one attached hydrogen (secondary N) is 2. The number of nitrogens with zero attached hydrogens (tertiary/aromatic N) is 2. The Labute approximate surface area is 164 Å². The lowest BCUT2D eigenvalue weighted by atomic mass is 10.1. The van der Waals surface area contributed by atoms with Gasteiger partial charge in [0.15, 0.2) is 5.82 Å². The van der Waals surface area contributed by atoms with Crippen LogP contribution >= 0.6 is 27.7 Å². The molecule has 0 aliphatic carbocycles. The molecule has 0 unspecified atom stereocenters. The van der Waals surface area contributed by atoms with Crippen molar-refractivity contribution in [2.45, 2.75) is 18.9 Å². The number of benzene rings is 1. The molecule has 2 aromatic rings. The van der Waals surface area contributed by atoms with Gasteiger partial charge in [-0.2, -0.15) is 16.9 Å². The number of aromatic amines is 1. The summed E-state index contributed by atoms with van der Waals surface area (Å²) >= 11 is 5.08. The zero-order valence-electron chi connectivity index (χ0n) is 14.4. The molecule has 9 heteroatoms. The third-order valence-corrected chi connectivity index (χ3v) is 5.63. The van der Waals surface area contributed by atoms with E-state index in [4.69, 9.17) is 0 Å². The first-order valence-electron chi connectivity index (χ1n) is 8.37. The van der Waals surface area contributed by atoms with Crippen LogP contribution in [0.15, 0.2) is 22.7 Å². The van der Waals surface area contributed by atoms with Crippen molar-refractivity contribution in [1.29, 1.82) is 0 Å². The molecule has 140 valence electrons. The number of anilines is 1. The molecule has 0 spiro atoms. The van der Waals surface area contributed by atoms with Gasteiger partial charge in [0.1, 0.15) is 0 Å². The van der Waals surface area contributed by atoms with Crippen LogP contribution in [0.5, 0.6) is 0 Å². The molecule has 1 fully saturated rings. The van der Waals surface area contributed by atoms with E-state index in [2.05, 4.69) is 31.4 Å². The van der Waals surface area contributed by atoms with Gasteiger partial charge in [0.2, 0.25) is 11.8 Å². The average Bonchev–Trinajstić information content (AvgIpc) is 3.21. The molecule has 2 atom stereocenters. The highest BCUT2D eigenvalue weighted by Gasteiger charge is 2.37. The summed E-state index contributed by atoms with van der Waals surface area (Å²) < 4.78 is 0.922. The van der Waals surface area contributed by atoms with Gasteiger partial charge in [0, 0.05) is 22.8 Å². The normalized spacial score (nSPS) is 18.5. The zero-order valence-corrected chi connectivity index (χ0v) is 16.8. The molecule has 1 saturated heterocycles. The van der Waals surface area contributed by atoms with E-state index in [1.54, 1.807) is 16.7 Å². The van der Waals surface area contributed by atoms with Gasteiger partial charge in [-0.1, -0.05) is 15.9 Å². The van der Waals surface area contributed by atoms with Crippen molar-refractivity contribution in [3.8, 4) is 0 Å². The SMILES string of the molecule is CSCC[C@H](CO)NC(=O)[C@H]1CC(=O)N(c2n[nH]c3cc(Br)ccc23)C1. The number of aliphatic hydroxyl groups excluding tert-OH is 1. The van der Waals surface area contributed by atoms with Gasteiger partial charge in [0.05, 0.1) is 24.1 Å². The van der Waals surface area contributed by atoms with E-state index in [0.29, 0.717) is 18.8 Å². The number of fused-ring (bicyclic) bond motifs is 1. The fourth-order valence-corrected chi connectivity index (χ4v) is 3.94. The number of carbonyl (C=O) groups is 2. The molecule has 0 bridgehead atoms. The molecule has 1 aromatic heterocycles. The molecule has 2 heterocycles. The number of hydrogen-bond acceptors (Lipinski definition) is 5. The zero-order chi connectivity index (χ0) is 18.7. The number of thioether (sulfide) groups is 1. The van der Waals surface area contributed by atoms with E-state index in [-0.39, 0.29) is 30.9 Å². The lowest BCUT2D eigenvalue weighted by Gasteiger charge is -2.18. The van der Waals surface area contributed by atoms with Gasteiger partial charge in [0.25, 0.3) is 0 Å². The lowest BCUT2D eigenvalue weighted by Crippen LogP contribution is -2.42. The second kappa shape index (κ2) is 8.41. The maximum Gasteiger partial charge on any atom is 0.229 e. The van der Waals surface area contributed by atoms with E-state index in [1.165, 1.54) is 0 Å². The highest BCUT2D eigenvalue weighted by atomic mass is 79.9. The van der Waals surface area contributed by atoms with Crippen LogP contribution in [-0.4, -0.2) is 58.3 Å². The third kappa shape index (κ3) is 4.05. The van der Waals surface area contributed by atoms with Crippen molar-refractivity contribution >= 4 is 56.2 Å². The van der Waals surface area contributed by atoms with Crippen LogP contribution in [0.4, 0.5) is 5.82 Å². The Kier molecular flexibility index (Phi) is 6.20. The van der Waals surface area contributed by atoms with Gasteiger partial charge >= 0.3 is 0 Å². The number of hydrogen-bond donors (Lipinski definition) is 3. The fourth-order valence-electron chi connectivity index (χ4n) is 3.06. The second-order valence-corrected chi connectivity index (χ2v) is 8.21. The van der Waals surface area contributed by atoms with Gasteiger partial charge in [-0.15, -0.1) is 0 Å². The number of aromatic nitrogens is 2. The fraction of sp³-hybridized carbons (Fsp3) is 0.471. The second-order valence-electron chi connectivity index (χ2n) is 6.31. The van der Waals surface area contributed by atoms with Crippen LogP contribution < -0.4 is 10.2 Å². The molecule has 0 saturated carbocycles. The average molecular weight is 441 g/mol. The number of rotatable bonds is 7. The van der Waals surface area contributed by atoms with Crippen LogP contribution in [0, 0.1) is 5.92 Å². The number of aliphatic hydroxyl groups is 1. The Bertz CT molecular complexity index is 812. The summed E-state index contributed by atoms with van der Waals surface area (Å²) in [6, 6.07) is 5.41. The van der Waals surface area contributed by atoms with Crippen LogP contribution in [0.2, 0.25) is 0 Å². The first kappa shape index (κ1) is 19.2. The minimum Gasteiger partial charge on any atom is -0.394 e. The van der Waals surface area contributed by atoms with Crippen molar-refractivity contribution in [2.24, 2.45) is 5.92 Å². The minimum atomic E-state index is -0.437. The van der Waals surface area contributed by atoms with Crippen molar-refractivity contribution in [3.63, 3.8) is 0 Å². The molecule has 3 N–H and O–H groups in total. The smallest absolute Gasteiger partial charge is 0.229 e. The summed E-state index contributed by atoms with van der Waals surface area (Å²) in [4.78, 5) is 26.5. The predicted molar refractivity (Wildman–Crippen MR) is 106 cm³/mol. The first-order valence-corrected chi connectivity index (χ1v) is 10.6. The van der Waals surface area contributed by atoms with Crippen LogP contribution in [0.25, 0.3) is 10.9 Å². The van der Waals surface area contributed by atoms with Crippen LogP contribution in [-0.2, 0) is 9.59 Å². The first-order chi connectivity index (χ1) is 12.5. The quantitative estimate of drug-likeness (QED) is 0.610. The summed E-state index contributed by atoms with van der Waals surface area (Å²) in [7, 11) is 0. The van der Waals surface area contributed by atoms with Gasteiger partial charge in [-0.25, -0.2) is 0 Å². The van der Waals surface area contributed by atoms with E-state index >= 15 is 0 Å². The van der Waals surface area contributed by atoms with Gasteiger partial charge in [-0.05, 0) is 36.6 Å². The molecule has 0 radical (unpaired) electrons. The standard InChI is InChI=1S/C17H21BrN4O3S/c1-26-5-4-12(9-23)19-17(25)10-6-15(24)22(8-10)16-13-3-2-11(18)7-14(13)20-21-16/h2-3,7,10,12,23H,4-6,8-9H2,1H3,(H,19,25)(H,20,21)/t10-,12+/m0/s1. The Morgan fingerprint density at radius 2 is 2.38 bits per heavy atom. The molecule has 3 rings (SSSR count). The summed E-state index contributed by atoms with van der Waals surface area (Å²) in [5, 5.41) is 20.3. The monoisotopic (exact) mass is 440 g/mol. The van der Waals surface area contributed by atoms with Crippen molar-refractivity contribution in [2.75, 3.05) is 30.1 Å². The van der Waals surface area contributed by atoms with Crippen LogP contribution in [0.1, 0.15) is 12.8 Å². The van der Waals surface area contributed by atoms with E-state index in [9.17, 15) is 14.7 Å². The summed E-state index contributed by atoms with van der Waals surface area (Å²) in [6.45, 7) is 0.191. The minimum absolute atomic E-state index is 0.102. The lowest BCUT2D eigenvalue weighted by molar-refractivity contribution is -0.127. The number of carbonyl (C=O) groups excluding carboxylic acids is 2. The van der Waals surface area contributed by atoms with Crippen LogP contribution in [0.3, 0.4) is 0 Å². The molecule has 1 aliphatic heterocycles. The topological polar surface area (TPSA) is 98.3 Å². The third-order valence-electron chi connectivity index (χ3n) is 4.49. The highest BCUT2D eigenvalue weighted by Crippen LogP contribution is 2.31. The molecule has 1 aromatic carbocycles. The highest BCUT2D eigenvalue weighted by molar-refractivity contribution is 9.10.